The maximum atomic E-state index is 9.84. The molecule has 1 atom stereocenters. The van der Waals surface area contributed by atoms with Crippen LogP contribution < -0.4 is 0 Å². The van der Waals surface area contributed by atoms with E-state index in [1.165, 1.54) is 0 Å². The van der Waals surface area contributed by atoms with E-state index in [1.54, 1.807) is 13.2 Å². The Labute approximate surface area is 107 Å². The van der Waals surface area contributed by atoms with Gasteiger partial charge in [-0.15, -0.1) is 0 Å². The molecule has 2 rings (SSSR count). The Morgan fingerprint density at radius 1 is 1.53 bits per heavy atom. The monoisotopic (exact) mass is 255 g/mol. The van der Waals surface area contributed by atoms with Crippen molar-refractivity contribution < 1.29 is 9.84 Å². The molecule has 0 bridgehead atoms. The minimum atomic E-state index is 0.212. The third kappa shape index (κ3) is 3.12. The summed E-state index contributed by atoms with van der Waals surface area (Å²) in [5.74, 6) is 0.825. The molecule has 0 aromatic heterocycles. The van der Waals surface area contributed by atoms with Crippen molar-refractivity contribution in [3.63, 3.8) is 0 Å². The summed E-state index contributed by atoms with van der Waals surface area (Å²) < 4.78 is 5.17. The van der Waals surface area contributed by atoms with Gasteiger partial charge in [0.1, 0.15) is 5.75 Å². The van der Waals surface area contributed by atoms with Gasteiger partial charge in [-0.1, -0.05) is 23.7 Å². The Morgan fingerprint density at radius 3 is 3.12 bits per heavy atom. The van der Waals surface area contributed by atoms with Crippen LogP contribution in [0.15, 0.2) is 18.2 Å². The summed E-state index contributed by atoms with van der Waals surface area (Å²) in [7, 11) is 1.74. The topological polar surface area (TPSA) is 32.7 Å². The highest BCUT2D eigenvalue weighted by atomic mass is 35.5. The van der Waals surface area contributed by atoms with Crippen LogP contribution in [0.3, 0.4) is 0 Å². The summed E-state index contributed by atoms with van der Waals surface area (Å²) >= 11 is 5.89. The van der Waals surface area contributed by atoms with Gasteiger partial charge in [0, 0.05) is 25.8 Å². The van der Waals surface area contributed by atoms with Crippen molar-refractivity contribution in [1.29, 1.82) is 0 Å². The van der Waals surface area contributed by atoms with E-state index < -0.39 is 0 Å². The van der Waals surface area contributed by atoms with E-state index in [9.17, 15) is 5.11 Å². The molecular weight excluding hydrogens is 238 g/mol. The van der Waals surface area contributed by atoms with Crippen molar-refractivity contribution in [2.24, 2.45) is 5.92 Å². The molecule has 1 aliphatic heterocycles. The number of phenols is 1. The zero-order chi connectivity index (χ0) is 12.3. The molecule has 1 unspecified atom stereocenters. The highest BCUT2D eigenvalue weighted by molar-refractivity contribution is 6.32. The van der Waals surface area contributed by atoms with Crippen molar-refractivity contribution in [3.05, 3.63) is 28.8 Å². The SMILES string of the molecule is COCC1CCN(Cc2cccc(Cl)c2O)C1. The van der Waals surface area contributed by atoms with Gasteiger partial charge in [0.2, 0.25) is 0 Å². The lowest BCUT2D eigenvalue weighted by Crippen LogP contribution is -2.21. The number of phenolic OH excluding ortho intramolecular Hbond substituents is 1. The minimum absolute atomic E-state index is 0.212. The summed E-state index contributed by atoms with van der Waals surface area (Å²) in [6, 6.07) is 5.50. The van der Waals surface area contributed by atoms with E-state index in [4.69, 9.17) is 16.3 Å². The number of benzene rings is 1. The molecule has 94 valence electrons. The number of aromatic hydroxyl groups is 1. The van der Waals surface area contributed by atoms with E-state index in [1.807, 2.05) is 12.1 Å². The van der Waals surface area contributed by atoms with Crippen LogP contribution in [-0.4, -0.2) is 36.8 Å². The van der Waals surface area contributed by atoms with Crippen LogP contribution in [0.1, 0.15) is 12.0 Å². The quantitative estimate of drug-likeness (QED) is 0.897. The van der Waals surface area contributed by atoms with Crippen LogP contribution in [0.5, 0.6) is 5.75 Å². The fourth-order valence-electron chi connectivity index (χ4n) is 2.36. The average Bonchev–Trinajstić information content (AvgIpc) is 2.73. The molecule has 1 aromatic rings. The minimum Gasteiger partial charge on any atom is -0.506 e. The first-order valence-corrected chi connectivity index (χ1v) is 6.26. The van der Waals surface area contributed by atoms with Crippen molar-refractivity contribution in [1.82, 2.24) is 4.90 Å². The van der Waals surface area contributed by atoms with Crippen LogP contribution in [0.2, 0.25) is 5.02 Å². The summed E-state index contributed by atoms with van der Waals surface area (Å²) in [6.45, 7) is 3.66. The van der Waals surface area contributed by atoms with Crippen LogP contribution in [0.4, 0.5) is 0 Å². The summed E-state index contributed by atoms with van der Waals surface area (Å²) in [4.78, 5) is 2.33. The first-order valence-electron chi connectivity index (χ1n) is 5.88. The second-order valence-electron chi connectivity index (χ2n) is 4.59. The molecule has 0 aliphatic carbocycles. The summed E-state index contributed by atoms with van der Waals surface area (Å²) in [6.07, 6.45) is 1.16. The molecule has 0 amide bonds. The average molecular weight is 256 g/mol. The Morgan fingerprint density at radius 2 is 2.35 bits per heavy atom. The van der Waals surface area contributed by atoms with E-state index in [0.717, 1.165) is 38.2 Å². The molecule has 0 radical (unpaired) electrons. The normalized spacial score (nSPS) is 20.9. The number of nitrogens with zero attached hydrogens (tertiary/aromatic N) is 1. The van der Waals surface area contributed by atoms with Crippen molar-refractivity contribution in [2.75, 3.05) is 26.8 Å². The Kier molecular flexibility index (Phi) is 4.26. The third-order valence-corrected chi connectivity index (χ3v) is 3.54. The van der Waals surface area contributed by atoms with Gasteiger partial charge < -0.3 is 9.84 Å². The van der Waals surface area contributed by atoms with Gasteiger partial charge in [-0.2, -0.15) is 0 Å². The smallest absolute Gasteiger partial charge is 0.138 e. The van der Waals surface area contributed by atoms with Crippen LogP contribution >= 0.6 is 11.6 Å². The number of hydrogen-bond acceptors (Lipinski definition) is 3. The van der Waals surface area contributed by atoms with Gasteiger partial charge in [0.05, 0.1) is 11.6 Å². The Hall–Kier alpha value is -0.770. The van der Waals surface area contributed by atoms with E-state index in [-0.39, 0.29) is 5.75 Å². The lowest BCUT2D eigenvalue weighted by molar-refractivity contribution is 0.152. The molecule has 1 saturated heterocycles. The second kappa shape index (κ2) is 5.71. The molecule has 3 nitrogen and oxygen atoms in total. The summed E-state index contributed by atoms with van der Waals surface area (Å²) in [5.41, 5.74) is 0.899. The van der Waals surface area contributed by atoms with E-state index in [2.05, 4.69) is 4.90 Å². The van der Waals surface area contributed by atoms with Crippen LogP contribution in [-0.2, 0) is 11.3 Å². The maximum absolute atomic E-state index is 9.84. The third-order valence-electron chi connectivity index (χ3n) is 3.24. The number of likely N-dealkylation sites (tertiary alicyclic amines) is 1. The van der Waals surface area contributed by atoms with Gasteiger partial charge in [-0.3, -0.25) is 4.90 Å². The predicted molar refractivity (Wildman–Crippen MR) is 68.4 cm³/mol. The number of hydrogen-bond donors (Lipinski definition) is 1. The van der Waals surface area contributed by atoms with Crippen molar-refractivity contribution in [2.45, 2.75) is 13.0 Å². The number of rotatable bonds is 4. The number of halogens is 1. The molecule has 1 heterocycles. The predicted octanol–water partition coefficient (Wildman–Crippen LogP) is 2.51. The van der Waals surface area contributed by atoms with E-state index in [0.29, 0.717) is 10.9 Å². The van der Waals surface area contributed by atoms with E-state index >= 15 is 0 Å². The first kappa shape index (κ1) is 12.7. The van der Waals surface area contributed by atoms with Crippen LogP contribution in [0.25, 0.3) is 0 Å². The highest BCUT2D eigenvalue weighted by Crippen LogP contribution is 2.29. The standard InChI is InChI=1S/C13H18ClNO2/c1-17-9-10-5-6-15(7-10)8-11-3-2-4-12(14)13(11)16/h2-4,10,16H,5-9H2,1H3. The number of para-hydroxylation sites is 1. The molecule has 17 heavy (non-hydrogen) atoms. The number of ether oxygens (including phenoxy) is 1. The Bertz CT molecular complexity index is 384. The van der Waals surface area contributed by atoms with Gasteiger partial charge in [-0.05, 0) is 24.9 Å². The fraction of sp³-hybridized carbons (Fsp3) is 0.538. The van der Waals surface area contributed by atoms with Gasteiger partial charge >= 0.3 is 0 Å². The van der Waals surface area contributed by atoms with Gasteiger partial charge in [0.15, 0.2) is 0 Å². The molecule has 0 spiro atoms. The molecule has 1 fully saturated rings. The molecule has 1 aliphatic rings. The lowest BCUT2D eigenvalue weighted by atomic mass is 10.1. The molecule has 0 saturated carbocycles. The van der Waals surface area contributed by atoms with Crippen molar-refractivity contribution >= 4 is 11.6 Å². The highest BCUT2D eigenvalue weighted by Gasteiger charge is 2.23. The second-order valence-corrected chi connectivity index (χ2v) is 5.00. The zero-order valence-corrected chi connectivity index (χ0v) is 10.8. The summed E-state index contributed by atoms with van der Waals surface area (Å²) in [5, 5.41) is 10.3. The van der Waals surface area contributed by atoms with Crippen LogP contribution in [0, 0.1) is 5.92 Å². The lowest BCUT2D eigenvalue weighted by Gasteiger charge is -2.17. The molecule has 4 heteroatoms. The van der Waals surface area contributed by atoms with Gasteiger partial charge in [-0.25, -0.2) is 0 Å². The number of methoxy groups -OCH3 is 1. The molecule has 1 aromatic carbocycles. The molecule has 1 N–H and O–H groups in total. The maximum Gasteiger partial charge on any atom is 0.138 e. The molecular formula is C13H18ClNO2. The zero-order valence-electron chi connectivity index (χ0n) is 10.0. The Balaban J connectivity index is 1.96. The van der Waals surface area contributed by atoms with Gasteiger partial charge in [0.25, 0.3) is 0 Å². The fourth-order valence-corrected chi connectivity index (χ4v) is 2.55. The van der Waals surface area contributed by atoms with Crippen molar-refractivity contribution in [3.8, 4) is 5.75 Å². The first-order chi connectivity index (χ1) is 8.20. The largest absolute Gasteiger partial charge is 0.506 e.